The van der Waals surface area contributed by atoms with Crippen LogP contribution in [0.4, 0.5) is 0 Å². The Balaban J connectivity index is 5.24. The zero-order valence-electron chi connectivity index (χ0n) is 69.9. The molecule has 3 N–H and O–H groups in total. The predicted octanol–water partition coefficient (Wildman–Crippen LogP) is 26.5. The first kappa shape index (κ1) is 104. The second kappa shape index (κ2) is 77.0. The van der Waals surface area contributed by atoms with Gasteiger partial charge in [0.2, 0.25) is 0 Å². The minimum atomic E-state index is -4.97. The summed E-state index contributed by atoms with van der Waals surface area (Å²) in [7, 11) is -9.93. The maximum Gasteiger partial charge on any atom is 0.472 e. The van der Waals surface area contributed by atoms with Gasteiger partial charge in [-0.2, -0.15) is 0 Å². The van der Waals surface area contributed by atoms with Crippen LogP contribution in [0.2, 0.25) is 0 Å². The van der Waals surface area contributed by atoms with E-state index in [0.717, 1.165) is 108 Å². The molecule has 0 aliphatic carbocycles. The number of phosphoric ester groups is 2. The monoisotopic (exact) mass is 1550 g/mol. The van der Waals surface area contributed by atoms with Crippen molar-refractivity contribution in [2.45, 2.75) is 478 Å². The third-order valence-corrected chi connectivity index (χ3v) is 22.3. The van der Waals surface area contributed by atoms with E-state index in [1.807, 2.05) is 0 Å². The molecule has 0 aromatic rings. The maximum atomic E-state index is 13.2. The van der Waals surface area contributed by atoms with Gasteiger partial charge in [0.05, 0.1) is 26.4 Å². The van der Waals surface area contributed by atoms with Crippen LogP contribution in [0.5, 0.6) is 0 Å². The van der Waals surface area contributed by atoms with Gasteiger partial charge in [-0.3, -0.25) is 37.3 Å². The maximum absolute atomic E-state index is 13.2. The zero-order chi connectivity index (χ0) is 77.9. The summed E-state index contributed by atoms with van der Waals surface area (Å²) in [6.07, 6.45) is 68.1. The van der Waals surface area contributed by atoms with Crippen LogP contribution in [-0.2, 0) is 65.4 Å². The Morgan fingerprint density at radius 2 is 0.434 bits per heavy atom. The average molecular weight is 1550 g/mol. The van der Waals surface area contributed by atoms with Crippen molar-refractivity contribution in [3.63, 3.8) is 0 Å². The minimum Gasteiger partial charge on any atom is -0.462 e. The van der Waals surface area contributed by atoms with Gasteiger partial charge in [0.15, 0.2) is 12.2 Å². The van der Waals surface area contributed by atoms with Crippen LogP contribution in [0, 0.1) is 17.8 Å². The topological polar surface area (TPSA) is 237 Å². The number of unbranched alkanes of at least 4 members (excludes halogenated alkanes) is 53. The third-order valence-electron chi connectivity index (χ3n) is 20.4. The van der Waals surface area contributed by atoms with Gasteiger partial charge in [-0.25, -0.2) is 9.13 Å². The molecule has 630 valence electrons. The number of hydrogen-bond donors (Lipinski definition) is 3. The first-order valence-corrected chi connectivity index (χ1v) is 47.8. The standard InChI is InChI=1S/C87H170O17P2/c1-8-9-10-11-12-13-14-15-22-30-35-40-49-56-63-70-87(92)104-83(75-98-85(90)69-62-55-48-43-42-46-53-60-67-80(6)7)77-102-106(95,96)100-73-81(88)72-99-105(93,94)101-76-82(74-97-84(89)68-61-54-47-39-34-29-25-21-20-24-28-33-38-45-52-59-66-79(4)5)103-86(91)71-64-57-50-41-36-31-26-19-17-16-18-23-27-32-37-44-51-58-65-78(2)3/h78-83,88H,8-77H2,1-7H3,(H,93,94)(H,95,96)/t81-,82-,83-/m1/s1. The number of rotatable bonds is 85. The highest BCUT2D eigenvalue weighted by molar-refractivity contribution is 7.47. The Morgan fingerprint density at radius 3 is 0.642 bits per heavy atom. The predicted molar refractivity (Wildman–Crippen MR) is 437 cm³/mol. The Morgan fingerprint density at radius 1 is 0.255 bits per heavy atom. The van der Waals surface area contributed by atoms with Gasteiger partial charge in [0, 0.05) is 25.7 Å². The van der Waals surface area contributed by atoms with Crippen molar-refractivity contribution in [3.05, 3.63) is 0 Å². The number of carbonyl (C=O) groups excluding carboxylic acids is 4. The molecule has 0 amide bonds. The highest BCUT2D eigenvalue weighted by atomic mass is 31.2. The molecular weight excluding hydrogens is 1380 g/mol. The fourth-order valence-electron chi connectivity index (χ4n) is 13.5. The van der Waals surface area contributed by atoms with Gasteiger partial charge in [-0.15, -0.1) is 0 Å². The summed E-state index contributed by atoms with van der Waals surface area (Å²) >= 11 is 0. The molecule has 0 heterocycles. The molecule has 0 aromatic heterocycles. The molecular formula is C87H170O17P2. The van der Waals surface area contributed by atoms with E-state index >= 15 is 0 Å². The van der Waals surface area contributed by atoms with E-state index in [1.54, 1.807) is 0 Å². The molecule has 0 bridgehead atoms. The van der Waals surface area contributed by atoms with E-state index in [1.165, 1.54) is 270 Å². The van der Waals surface area contributed by atoms with Gasteiger partial charge >= 0.3 is 39.5 Å². The molecule has 0 radical (unpaired) electrons. The Hall–Kier alpha value is -1.94. The van der Waals surface area contributed by atoms with Crippen LogP contribution in [0.3, 0.4) is 0 Å². The number of aliphatic hydroxyl groups excluding tert-OH is 1. The second-order valence-electron chi connectivity index (χ2n) is 32.7. The van der Waals surface area contributed by atoms with Gasteiger partial charge in [0.1, 0.15) is 19.3 Å². The molecule has 2 unspecified atom stereocenters. The quantitative estimate of drug-likeness (QED) is 0.0222. The van der Waals surface area contributed by atoms with E-state index < -0.39 is 97.5 Å². The smallest absolute Gasteiger partial charge is 0.462 e. The number of hydrogen-bond acceptors (Lipinski definition) is 15. The molecule has 0 aromatic carbocycles. The number of ether oxygens (including phenoxy) is 4. The van der Waals surface area contributed by atoms with Gasteiger partial charge < -0.3 is 33.8 Å². The molecule has 106 heavy (non-hydrogen) atoms. The highest BCUT2D eigenvalue weighted by Gasteiger charge is 2.30. The lowest BCUT2D eigenvalue weighted by molar-refractivity contribution is -0.161. The average Bonchev–Trinajstić information content (AvgIpc) is 0.900. The fourth-order valence-corrected chi connectivity index (χ4v) is 15.1. The van der Waals surface area contributed by atoms with Crippen molar-refractivity contribution >= 4 is 39.5 Å². The van der Waals surface area contributed by atoms with Gasteiger partial charge in [-0.1, -0.05) is 408 Å². The van der Waals surface area contributed by atoms with Crippen LogP contribution in [0.15, 0.2) is 0 Å². The highest BCUT2D eigenvalue weighted by Crippen LogP contribution is 2.45. The Kier molecular flexibility index (Phi) is 75.6. The van der Waals surface area contributed by atoms with Crippen LogP contribution >= 0.6 is 15.6 Å². The van der Waals surface area contributed by atoms with Crippen LogP contribution < -0.4 is 0 Å². The first-order chi connectivity index (χ1) is 51.2. The zero-order valence-corrected chi connectivity index (χ0v) is 71.7. The van der Waals surface area contributed by atoms with Crippen molar-refractivity contribution in [1.82, 2.24) is 0 Å². The molecule has 0 saturated carbocycles. The number of aliphatic hydroxyl groups is 1. The summed E-state index contributed by atoms with van der Waals surface area (Å²) in [4.78, 5) is 73.3. The molecule has 0 rings (SSSR count). The van der Waals surface area contributed by atoms with Gasteiger partial charge in [0.25, 0.3) is 0 Å². The van der Waals surface area contributed by atoms with Crippen molar-refractivity contribution < 1.29 is 80.2 Å². The third kappa shape index (κ3) is 80.1. The molecule has 0 aliphatic heterocycles. The lowest BCUT2D eigenvalue weighted by Crippen LogP contribution is -2.30. The van der Waals surface area contributed by atoms with E-state index in [0.29, 0.717) is 25.7 Å². The van der Waals surface area contributed by atoms with Crippen molar-refractivity contribution in [3.8, 4) is 0 Å². The van der Waals surface area contributed by atoms with Crippen LogP contribution in [-0.4, -0.2) is 96.7 Å². The number of esters is 4. The van der Waals surface area contributed by atoms with Crippen molar-refractivity contribution in [1.29, 1.82) is 0 Å². The Bertz CT molecular complexity index is 2040. The summed E-state index contributed by atoms with van der Waals surface area (Å²) in [5.41, 5.74) is 0. The van der Waals surface area contributed by atoms with Gasteiger partial charge in [-0.05, 0) is 43.4 Å². The lowest BCUT2D eigenvalue weighted by Gasteiger charge is -2.21. The number of phosphoric acid groups is 2. The molecule has 0 fully saturated rings. The largest absolute Gasteiger partial charge is 0.472 e. The summed E-state index contributed by atoms with van der Waals surface area (Å²) in [5.74, 6) is 0.257. The summed E-state index contributed by atoms with van der Waals surface area (Å²) in [5, 5.41) is 10.7. The van der Waals surface area contributed by atoms with Crippen molar-refractivity contribution in [2.24, 2.45) is 17.8 Å². The number of carbonyl (C=O) groups is 4. The van der Waals surface area contributed by atoms with E-state index in [9.17, 15) is 43.2 Å². The van der Waals surface area contributed by atoms with E-state index in [2.05, 4.69) is 48.5 Å². The molecule has 0 saturated heterocycles. The van der Waals surface area contributed by atoms with Crippen LogP contribution in [0.25, 0.3) is 0 Å². The molecule has 5 atom stereocenters. The fraction of sp³-hybridized carbons (Fsp3) is 0.954. The summed E-state index contributed by atoms with van der Waals surface area (Å²) in [6, 6.07) is 0. The second-order valence-corrected chi connectivity index (χ2v) is 35.6. The lowest BCUT2D eigenvalue weighted by atomic mass is 10.0. The first-order valence-electron chi connectivity index (χ1n) is 44.8. The summed E-state index contributed by atoms with van der Waals surface area (Å²) in [6.45, 7) is 12.0. The SMILES string of the molecule is CCCCCCCCCCCCCCCCCC(=O)O[C@H](COC(=O)CCCCCCCCCCC(C)C)COP(=O)(O)OC[C@H](O)COP(=O)(O)OC[C@@H](COC(=O)CCCCCCCCCCCCCCCCCCC(C)C)OC(=O)CCCCCCCCCCCCCCCCCCCCC(C)C. The van der Waals surface area contributed by atoms with Crippen molar-refractivity contribution in [2.75, 3.05) is 39.6 Å². The summed E-state index contributed by atoms with van der Waals surface area (Å²) < 4.78 is 68.9. The molecule has 0 spiro atoms. The molecule has 19 heteroatoms. The molecule has 0 aliphatic rings. The van der Waals surface area contributed by atoms with E-state index in [-0.39, 0.29) is 25.7 Å². The Labute approximate surface area is 651 Å². The van der Waals surface area contributed by atoms with E-state index in [4.69, 9.17) is 37.0 Å². The normalized spacial score (nSPS) is 13.9. The molecule has 17 nitrogen and oxygen atoms in total. The minimum absolute atomic E-state index is 0.108. The van der Waals surface area contributed by atoms with Crippen LogP contribution in [0.1, 0.15) is 459 Å².